The monoisotopic (exact) mass is 289 g/mol. The summed E-state index contributed by atoms with van der Waals surface area (Å²) in [5.41, 5.74) is 1.16. The Labute approximate surface area is 123 Å². The van der Waals surface area contributed by atoms with Crippen LogP contribution in [-0.2, 0) is 0 Å². The van der Waals surface area contributed by atoms with E-state index < -0.39 is 0 Å². The molecule has 3 nitrogen and oxygen atoms in total. The van der Waals surface area contributed by atoms with Crippen LogP contribution in [-0.4, -0.2) is 18.4 Å². The van der Waals surface area contributed by atoms with E-state index in [9.17, 15) is 0 Å². The molecule has 0 aliphatic carbocycles. The van der Waals surface area contributed by atoms with Gasteiger partial charge in [-0.25, -0.2) is 0 Å². The number of rotatable bonds is 5. The number of para-hydroxylation sites is 1. The molecule has 0 fully saturated rings. The molecule has 0 saturated heterocycles. The lowest BCUT2D eigenvalue weighted by Crippen LogP contribution is -2.39. The predicted molar refractivity (Wildman–Crippen MR) is 81.3 cm³/mol. The molecule has 20 heavy (non-hydrogen) atoms. The van der Waals surface area contributed by atoms with Gasteiger partial charge < -0.3 is 14.5 Å². The molecule has 0 amide bonds. The fraction of sp³-hybridized carbons (Fsp3) is 0.375. The summed E-state index contributed by atoms with van der Waals surface area (Å²) in [6.45, 7) is 3.15. The zero-order valence-corrected chi connectivity index (χ0v) is 12.4. The van der Waals surface area contributed by atoms with Gasteiger partial charge in [0.2, 0.25) is 0 Å². The first kappa shape index (κ1) is 13.6. The summed E-state index contributed by atoms with van der Waals surface area (Å²) in [4.78, 5) is 1.23. The van der Waals surface area contributed by atoms with Crippen LogP contribution in [0.4, 0.5) is 0 Å². The average Bonchev–Trinajstić information content (AvgIpc) is 3.02. The normalized spacial score (nSPS) is 19.1. The van der Waals surface area contributed by atoms with Gasteiger partial charge in [0.05, 0.1) is 18.6 Å². The first-order valence-corrected chi connectivity index (χ1v) is 8.01. The van der Waals surface area contributed by atoms with E-state index in [1.807, 2.05) is 36.2 Å². The van der Waals surface area contributed by atoms with Crippen molar-refractivity contribution in [1.29, 1.82) is 0 Å². The van der Waals surface area contributed by atoms with Gasteiger partial charge in [0, 0.05) is 16.2 Å². The van der Waals surface area contributed by atoms with Crippen molar-refractivity contribution in [1.82, 2.24) is 5.32 Å². The number of benzene rings is 1. The Bertz CT molecular complexity index is 541. The quantitative estimate of drug-likeness (QED) is 0.906. The highest BCUT2D eigenvalue weighted by molar-refractivity contribution is 7.99. The topological polar surface area (TPSA) is 34.4 Å². The molecule has 1 aromatic heterocycles. The molecule has 2 unspecified atom stereocenters. The minimum absolute atomic E-state index is 0.124. The van der Waals surface area contributed by atoms with E-state index in [1.165, 1.54) is 4.90 Å². The second kappa shape index (κ2) is 6.37. The van der Waals surface area contributed by atoms with Crippen LogP contribution in [0.25, 0.3) is 0 Å². The Morgan fingerprint density at radius 2 is 2.25 bits per heavy atom. The van der Waals surface area contributed by atoms with Gasteiger partial charge >= 0.3 is 0 Å². The molecule has 2 heterocycles. The highest BCUT2D eigenvalue weighted by Crippen LogP contribution is 2.38. The SMILES string of the molecule is CCCNC(c1ccoc1)C1CSc2ccccc2O1. The molecule has 2 aromatic rings. The lowest BCUT2D eigenvalue weighted by Gasteiger charge is -2.32. The molecular weight excluding hydrogens is 270 g/mol. The fourth-order valence-electron chi connectivity index (χ4n) is 2.42. The van der Waals surface area contributed by atoms with E-state index in [-0.39, 0.29) is 12.1 Å². The third-order valence-corrected chi connectivity index (χ3v) is 4.56. The molecule has 1 aliphatic rings. The number of nitrogens with one attached hydrogen (secondary N) is 1. The third kappa shape index (κ3) is 2.86. The Morgan fingerprint density at radius 1 is 1.35 bits per heavy atom. The Morgan fingerprint density at radius 3 is 3.05 bits per heavy atom. The zero-order valence-electron chi connectivity index (χ0n) is 11.5. The minimum Gasteiger partial charge on any atom is -0.486 e. The van der Waals surface area contributed by atoms with Crippen LogP contribution in [0.15, 0.2) is 52.2 Å². The molecule has 1 aliphatic heterocycles. The maximum atomic E-state index is 6.19. The van der Waals surface area contributed by atoms with Crippen LogP contribution in [0.1, 0.15) is 24.9 Å². The number of furan rings is 1. The molecule has 3 rings (SSSR count). The van der Waals surface area contributed by atoms with Gasteiger partial charge in [0.1, 0.15) is 11.9 Å². The van der Waals surface area contributed by atoms with Crippen molar-refractivity contribution >= 4 is 11.8 Å². The van der Waals surface area contributed by atoms with Crippen molar-refractivity contribution in [3.05, 3.63) is 48.4 Å². The first-order chi connectivity index (χ1) is 9.88. The van der Waals surface area contributed by atoms with E-state index in [0.717, 1.165) is 30.0 Å². The number of hydrogen-bond donors (Lipinski definition) is 1. The van der Waals surface area contributed by atoms with Crippen LogP contribution >= 0.6 is 11.8 Å². The van der Waals surface area contributed by atoms with Crippen molar-refractivity contribution in [2.45, 2.75) is 30.4 Å². The summed E-state index contributed by atoms with van der Waals surface area (Å²) in [6, 6.07) is 10.4. The lowest BCUT2D eigenvalue weighted by molar-refractivity contribution is 0.166. The van der Waals surface area contributed by atoms with E-state index in [0.29, 0.717) is 0 Å². The Kier molecular flexibility index (Phi) is 4.33. The van der Waals surface area contributed by atoms with Crippen molar-refractivity contribution in [2.75, 3.05) is 12.3 Å². The van der Waals surface area contributed by atoms with Crippen LogP contribution in [0.2, 0.25) is 0 Å². The molecule has 0 spiro atoms. The molecule has 1 N–H and O–H groups in total. The maximum Gasteiger partial charge on any atom is 0.133 e. The van der Waals surface area contributed by atoms with Gasteiger partial charge in [0.15, 0.2) is 0 Å². The number of thioether (sulfide) groups is 1. The van der Waals surface area contributed by atoms with Crippen LogP contribution in [0, 0.1) is 0 Å². The molecular formula is C16H19NO2S. The third-order valence-electron chi connectivity index (χ3n) is 3.42. The van der Waals surface area contributed by atoms with Gasteiger partial charge in [-0.1, -0.05) is 19.1 Å². The molecule has 4 heteroatoms. The van der Waals surface area contributed by atoms with E-state index in [4.69, 9.17) is 9.15 Å². The first-order valence-electron chi connectivity index (χ1n) is 7.02. The van der Waals surface area contributed by atoms with Gasteiger partial charge in [-0.2, -0.15) is 0 Å². The molecule has 1 aromatic carbocycles. The number of hydrogen-bond acceptors (Lipinski definition) is 4. The summed E-state index contributed by atoms with van der Waals surface area (Å²) < 4.78 is 11.4. The van der Waals surface area contributed by atoms with Crippen LogP contribution < -0.4 is 10.1 Å². The van der Waals surface area contributed by atoms with E-state index >= 15 is 0 Å². The summed E-state index contributed by atoms with van der Waals surface area (Å²) in [5.74, 6) is 1.93. The lowest BCUT2D eigenvalue weighted by atomic mass is 10.1. The number of ether oxygens (including phenoxy) is 1. The average molecular weight is 289 g/mol. The molecule has 0 radical (unpaired) electrons. The van der Waals surface area contributed by atoms with Gasteiger partial charge in [-0.3, -0.25) is 0 Å². The molecule has 2 atom stereocenters. The summed E-state index contributed by atoms with van der Waals surface area (Å²) >= 11 is 1.86. The standard InChI is InChI=1S/C16H19NO2S/c1-2-8-17-16(12-7-9-18-10-12)14-11-20-15-6-4-3-5-13(15)19-14/h3-7,9-10,14,16-17H,2,8,11H2,1H3. The van der Waals surface area contributed by atoms with Gasteiger partial charge in [-0.15, -0.1) is 11.8 Å². The van der Waals surface area contributed by atoms with Gasteiger partial charge in [0.25, 0.3) is 0 Å². The second-order valence-corrected chi connectivity index (χ2v) is 5.96. The zero-order chi connectivity index (χ0) is 13.8. The van der Waals surface area contributed by atoms with Gasteiger partial charge in [-0.05, 0) is 31.2 Å². The summed E-state index contributed by atoms with van der Waals surface area (Å²) in [7, 11) is 0. The molecule has 0 saturated carbocycles. The van der Waals surface area contributed by atoms with E-state index in [1.54, 1.807) is 6.26 Å². The fourth-order valence-corrected chi connectivity index (χ4v) is 3.45. The van der Waals surface area contributed by atoms with E-state index in [2.05, 4.69) is 24.4 Å². The molecule has 0 bridgehead atoms. The second-order valence-electron chi connectivity index (χ2n) is 4.90. The summed E-state index contributed by atoms with van der Waals surface area (Å²) in [6.07, 6.45) is 4.76. The number of fused-ring (bicyclic) bond motifs is 1. The highest BCUT2D eigenvalue weighted by Gasteiger charge is 2.29. The Hall–Kier alpha value is -1.39. The minimum atomic E-state index is 0.124. The highest BCUT2D eigenvalue weighted by atomic mass is 32.2. The van der Waals surface area contributed by atoms with Crippen molar-refractivity contribution in [3.63, 3.8) is 0 Å². The smallest absolute Gasteiger partial charge is 0.133 e. The molecule has 106 valence electrons. The largest absolute Gasteiger partial charge is 0.486 e. The maximum absolute atomic E-state index is 6.19. The van der Waals surface area contributed by atoms with Crippen LogP contribution in [0.3, 0.4) is 0 Å². The van der Waals surface area contributed by atoms with Crippen molar-refractivity contribution < 1.29 is 9.15 Å². The van der Waals surface area contributed by atoms with Crippen LogP contribution in [0.5, 0.6) is 5.75 Å². The Balaban J connectivity index is 1.79. The van der Waals surface area contributed by atoms with Crippen molar-refractivity contribution in [2.24, 2.45) is 0 Å². The van der Waals surface area contributed by atoms with Crippen molar-refractivity contribution in [3.8, 4) is 5.75 Å². The predicted octanol–water partition coefficient (Wildman–Crippen LogP) is 3.87. The summed E-state index contributed by atoms with van der Waals surface area (Å²) in [5, 5.41) is 3.57.